The molecule has 1 heterocycles. The van der Waals surface area contributed by atoms with Crippen molar-refractivity contribution in [1.29, 1.82) is 0 Å². The highest BCUT2D eigenvalue weighted by Gasteiger charge is 2.23. The lowest BCUT2D eigenvalue weighted by molar-refractivity contribution is -0.140. The highest BCUT2D eigenvalue weighted by molar-refractivity contribution is 6.11. The molecule has 0 amide bonds. The number of nitrogens with one attached hydrogen (secondary N) is 1. The molecular weight excluding hydrogens is 366 g/mol. The SMILES string of the molecule is C=CCOc1ccc(/C=C/C(=O)O[C@@H](C)C(=O)c2c(C)[nH]c3ccccc23)cc1. The summed E-state index contributed by atoms with van der Waals surface area (Å²) in [5, 5.41) is 0.826. The van der Waals surface area contributed by atoms with Gasteiger partial charge in [-0.3, -0.25) is 4.79 Å². The van der Waals surface area contributed by atoms with Gasteiger partial charge in [0.15, 0.2) is 6.10 Å². The Morgan fingerprint density at radius 2 is 1.86 bits per heavy atom. The number of carbonyl (C=O) groups excluding carboxylic acids is 2. The molecule has 0 aliphatic heterocycles. The smallest absolute Gasteiger partial charge is 0.331 e. The molecule has 0 unspecified atom stereocenters. The maximum atomic E-state index is 12.8. The van der Waals surface area contributed by atoms with Crippen molar-refractivity contribution in [2.75, 3.05) is 6.61 Å². The molecule has 0 radical (unpaired) electrons. The van der Waals surface area contributed by atoms with Gasteiger partial charge in [0.2, 0.25) is 5.78 Å². The molecule has 29 heavy (non-hydrogen) atoms. The topological polar surface area (TPSA) is 68.4 Å². The van der Waals surface area contributed by atoms with E-state index in [1.54, 1.807) is 31.2 Å². The number of aromatic nitrogens is 1. The van der Waals surface area contributed by atoms with Crippen LogP contribution in [0.5, 0.6) is 5.75 Å². The summed E-state index contributed by atoms with van der Waals surface area (Å²) in [6.07, 6.45) is 3.73. The van der Waals surface area contributed by atoms with E-state index in [1.807, 2.05) is 43.3 Å². The lowest BCUT2D eigenvalue weighted by Gasteiger charge is -2.11. The molecular formula is C24H23NO4. The Labute approximate surface area is 169 Å². The Balaban J connectivity index is 1.64. The van der Waals surface area contributed by atoms with E-state index in [0.29, 0.717) is 12.2 Å². The van der Waals surface area contributed by atoms with E-state index >= 15 is 0 Å². The number of hydrogen-bond acceptors (Lipinski definition) is 4. The monoisotopic (exact) mass is 389 g/mol. The number of H-pyrrole nitrogens is 1. The third-order valence-electron chi connectivity index (χ3n) is 4.46. The zero-order valence-corrected chi connectivity index (χ0v) is 16.5. The van der Waals surface area contributed by atoms with E-state index in [-0.39, 0.29) is 5.78 Å². The van der Waals surface area contributed by atoms with Crippen molar-refractivity contribution >= 4 is 28.7 Å². The van der Waals surface area contributed by atoms with Crippen molar-refractivity contribution in [2.45, 2.75) is 20.0 Å². The third kappa shape index (κ3) is 4.82. The van der Waals surface area contributed by atoms with Crippen LogP contribution in [0.25, 0.3) is 17.0 Å². The molecule has 3 aromatic rings. The van der Waals surface area contributed by atoms with Gasteiger partial charge in [-0.2, -0.15) is 0 Å². The van der Waals surface area contributed by atoms with Crippen molar-refractivity contribution in [3.8, 4) is 5.75 Å². The molecule has 0 fully saturated rings. The Hall–Kier alpha value is -3.60. The summed E-state index contributed by atoms with van der Waals surface area (Å²) in [6.45, 7) is 7.46. The van der Waals surface area contributed by atoms with Crippen LogP contribution >= 0.6 is 0 Å². The zero-order chi connectivity index (χ0) is 20.8. The van der Waals surface area contributed by atoms with E-state index in [9.17, 15) is 9.59 Å². The van der Waals surface area contributed by atoms with Crippen LogP contribution < -0.4 is 4.74 Å². The summed E-state index contributed by atoms with van der Waals surface area (Å²) in [7, 11) is 0. The minimum Gasteiger partial charge on any atom is -0.490 e. The van der Waals surface area contributed by atoms with Crippen molar-refractivity contribution in [2.24, 2.45) is 0 Å². The second-order valence-electron chi connectivity index (χ2n) is 6.62. The van der Waals surface area contributed by atoms with Crippen molar-refractivity contribution in [3.05, 3.63) is 84.1 Å². The molecule has 1 atom stereocenters. The van der Waals surface area contributed by atoms with E-state index in [4.69, 9.17) is 9.47 Å². The van der Waals surface area contributed by atoms with Gasteiger partial charge in [0.25, 0.3) is 0 Å². The highest BCUT2D eigenvalue weighted by atomic mass is 16.5. The van der Waals surface area contributed by atoms with Crippen LogP contribution in [0.3, 0.4) is 0 Å². The van der Waals surface area contributed by atoms with Gasteiger partial charge in [0, 0.05) is 28.2 Å². The predicted molar refractivity (Wildman–Crippen MR) is 114 cm³/mol. The number of ether oxygens (including phenoxy) is 2. The number of hydrogen-bond donors (Lipinski definition) is 1. The number of Topliss-reactive ketones (excluding diaryl/α,β-unsaturated/α-hetero) is 1. The summed E-state index contributed by atoms with van der Waals surface area (Å²) in [5.74, 6) is -0.0845. The van der Waals surface area contributed by atoms with Crippen molar-refractivity contribution in [3.63, 3.8) is 0 Å². The quantitative estimate of drug-likeness (QED) is 0.258. The first-order valence-electron chi connectivity index (χ1n) is 9.33. The van der Waals surface area contributed by atoms with Gasteiger partial charge < -0.3 is 14.5 Å². The first-order chi connectivity index (χ1) is 14.0. The first-order valence-corrected chi connectivity index (χ1v) is 9.33. The molecule has 1 N–H and O–H groups in total. The molecule has 5 nitrogen and oxygen atoms in total. The normalized spacial score (nSPS) is 12.1. The van der Waals surface area contributed by atoms with Gasteiger partial charge in [-0.05, 0) is 43.7 Å². The minimum atomic E-state index is -0.889. The van der Waals surface area contributed by atoms with E-state index < -0.39 is 12.1 Å². The predicted octanol–water partition coefficient (Wildman–Crippen LogP) is 4.87. The number of esters is 1. The minimum absolute atomic E-state index is 0.231. The molecule has 0 aliphatic rings. The van der Waals surface area contributed by atoms with E-state index in [1.165, 1.54) is 6.08 Å². The number of carbonyl (C=O) groups is 2. The number of para-hydroxylation sites is 1. The zero-order valence-electron chi connectivity index (χ0n) is 16.5. The average Bonchev–Trinajstić information content (AvgIpc) is 3.06. The fourth-order valence-electron chi connectivity index (χ4n) is 3.06. The molecule has 0 saturated heterocycles. The van der Waals surface area contributed by atoms with E-state index in [2.05, 4.69) is 11.6 Å². The Morgan fingerprint density at radius 1 is 1.14 bits per heavy atom. The number of ketones is 1. The maximum absolute atomic E-state index is 12.8. The number of aromatic amines is 1. The van der Waals surface area contributed by atoms with Gasteiger partial charge in [0.1, 0.15) is 12.4 Å². The largest absolute Gasteiger partial charge is 0.490 e. The van der Waals surface area contributed by atoms with Crippen LogP contribution in [0.1, 0.15) is 28.5 Å². The standard InChI is InChI=1S/C24H23NO4/c1-4-15-28-19-12-9-18(10-13-19)11-14-22(26)29-17(3)24(27)23-16(2)25-21-8-6-5-7-20(21)23/h4-14,17,25H,1,15H2,2-3H3/b14-11+/t17-/m0/s1. The third-order valence-corrected chi connectivity index (χ3v) is 4.46. The molecule has 3 rings (SSSR count). The molecule has 1 aromatic heterocycles. The summed E-state index contributed by atoms with van der Waals surface area (Å²) in [6, 6.07) is 14.8. The molecule has 0 spiro atoms. The second-order valence-corrected chi connectivity index (χ2v) is 6.62. The van der Waals surface area contributed by atoms with Crippen LogP contribution in [0.15, 0.2) is 67.3 Å². The summed E-state index contributed by atoms with van der Waals surface area (Å²) < 4.78 is 10.7. The number of benzene rings is 2. The van der Waals surface area contributed by atoms with Crippen LogP contribution in [-0.4, -0.2) is 29.4 Å². The fourth-order valence-corrected chi connectivity index (χ4v) is 3.06. The number of fused-ring (bicyclic) bond motifs is 1. The number of aryl methyl sites for hydroxylation is 1. The highest BCUT2D eigenvalue weighted by Crippen LogP contribution is 2.24. The first kappa shape index (κ1) is 20.1. The van der Waals surface area contributed by atoms with Gasteiger partial charge in [-0.25, -0.2) is 4.79 Å². The molecule has 0 aliphatic carbocycles. The van der Waals surface area contributed by atoms with Gasteiger partial charge >= 0.3 is 5.97 Å². The molecule has 0 saturated carbocycles. The summed E-state index contributed by atoms with van der Waals surface area (Å²) in [4.78, 5) is 28.2. The lowest BCUT2D eigenvalue weighted by atomic mass is 10.0. The van der Waals surface area contributed by atoms with E-state index in [0.717, 1.165) is 27.9 Å². The summed E-state index contributed by atoms with van der Waals surface area (Å²) in [5.41, 5.74) is 3.01. The molecule has 5 heteroatoms. The van der Waals surface area contributed by atoms with Gasteiger partial charge in [0.05, 0.1) is 0 Å². The lowest BCUT2D eigenvalue weighted by Crippen LogP contribution is -2.24. The van der Waals surface area contributed by atoms with Crippen LogP contribution in [-0.2, 0) is 9.53 Å². The molecule has 0 bridgehead atoms. The molecule has 148 valence electrons. The number of rotatable bonds is 8. The molecule has 2 aromatic carbocycles. The average molecular weight is 389 g/mol. The Morgan fingerprint density at radius 3 is 2.59 bits per heavy atom. The fraction of sp³-hybridized carbons (Fsp3) is 0.167. The van der Waals surface area contributed by atoms with Crippen LogP contribution in [0.2, 0.25) is 0 Å². The maximum Gasteiger partial charge on any atom is 0.331 e. The summed E-state index contributed by atoms with van der Waals surface area (Å²) >= 11 is 0. The Kier molecular flexibility index (Phi) is 6.29. The van der Waals surface area contributed by atoms with Gasteiger partial charge in [-0.15, -0.1) is 0 Å². The second kappa shape index (κ2) is 9.06. The van der Waals surface area contributed by atoms with Crippen LogP contribution in [0.4, 0.5) is 0 Å². The van der Waals surface area contributed by atoms with Crippen molar-refractivity contribution in [1.82, 2.24) is 4.98 Å². The van der Waals surface area contributed by atoms with Crippen molar-refractivity contribution < 1.29 is 19.1 Å². The van der Waals surface area contributed by atoms with Gasteiger partial charge in [-0.1, -0.05) is 43.0 Å². The van der Waals surface area contributed by atoms with Crippen LogP contribution in [0, 0.1) is 6.92 Å². The Bertz CT molecular complexity index is 1060.